The molecule has 1 saturated carbocycles. The van der Waals surface area contributed by atoms with Gasteiger partial charge in [0.25, 0.3) is 0 Å². The van der Waals surface area contributed by atoms with E-state index in [-0.39, 0.29) is 5.84 Å². The summed E-state index contributed by atoms with van der Waals surface area (Å²) in [6, 6.07) is 12.3. The number of pyridine rings is 1. The summed E-state index contributed by atoms with van der Waals surface area (Å²) in [4.78, 5) is 10.9. The first-order chi connectivity index (χ1) is 18.8. The van der Waals surface area contributed by atoms with Gasteiger partial charge in [0, 0.05) is 42.2 Å². The van der Waals surface area contributed by atoms with Gasteiger partial charge < -0.3 is 19.5 Å². The molecule has 39 heavy (non-hydrogen) atoms. The van der Waals surface area contributed by atoms with E-state index in [0.717, 1.165) is 47.6 Å². The molecule has 8 nitrogen and oxygen atoms in total. The van der Waals surface area contributed by atoms with Crippen molar-refractivity contribution in [1.82, 2.24) is 14.5 Å². The third-order valence-electron chi connectivity index (χ3n) is 7.01. The maximum absolute atomic E-state index is 8.30. The van der Waals surface area contributed by atoms with Crippen LogP contribution in [0.3, 0.4) is 0 Å². The van der Waals surface area contributed by atoms with Crippen LogP contribution in [0.2, 0.25) is 0 Å². The van der Waals surface area contributed by atoms with Crippen molar-refractivity contribution in [3.63, 3.8) is 0 Å². The normalized spacial score (nSPS) is 14.0. The Hall–Kier alpha value is -4.20. The van der Waals surface area contributed by atoms with E-state index >= 15 is 0 Å². The number of allylic oxidation sites excluding steroid dienone is 1. The maximum atomic E-state index is 8.30. The summed E-state index contributed by atoms with van der Waals surface area (Å²) in [5.74, 6) is 2.52. The number of anilines is 1. The Morgan fingerprint density at radius 3 is 2.46 bits per heavy atom. The summed E-state index contributed by atoms with van der Waals surface area (Å²) in [6.45, 7) is 6.19. The Kier molecular flexibility index (Phi) is 8.96. The van der Waals surface area contributed by atoms with Crippen LogP contribution in [0, 0.1) is 10.8 Å². The third kappa shape index (κ3) is 6.45. The molecule has 0 saturated heterocycles. The van der Waals surface area contributed by atoms with Crippen LogP contribution in [0.4, 0.5) is 11.5 Å². The molecule has 8 heteroatoms. The molecular formula is C31H39N7O. The topological polar surface area (TPSA) is 102 Å². The molecule has 3 aromatic rings. The second kappa shape index (κ2) is 12.6. The van der Waals surface area contributed by atoms with Crippen molar-refractivity contribution < 1.29 is 4.74 Å². The molecule has 0 unspecified atom stereocenters. The lowest BCUT2D eigenvalue weighted by Crippen LogP contribution is -2.24. The highest BCUT2D eigenvalue weighted by molar-refractivity contribution is 6.03. The number of hydrogen-bond acceptors (Lipinski definition) is 5. The van der Waals surface area contributed by atoms with E-state index in [1.807, 2.05) is 31.5 Å². The lowest BCUT2D eigenvalue weighted by molar-refractivity contribution is 0.358. The summed E-state index contributed by atoms with van der Waals surface area (Å²) in [6.07, 6.45) is 13.0. The number of hydrogen-bond donors (Lipinski definition) is 3. The highest BCUT2D eigenvalue weighted by atomic mass is 16.5. The summed E-state index contributed by atoms with van der Waals surface area (Å²) < 4.78 is 8.08. The second-order valence-corrected chi connectivity index (χ2v) is 10.3. The molecule has 0 aliphatic heterocycles. The number of aromatic nitrogens is 2. The van der Waals surface area contributed by atoms with E-state index in [2.05, 4.69) is 53.0 Å². The van der Waals surface area contributed by atoms with Crippen LogP contribution in [0.1, 0.15) is 70.0 Å². The third-order valence-corrected chi connectivity index (χ3v) is 7.01. The minimum Gasteiger partial charge on any atom is -0.495 e. The molecule has 1 aromatic carbocycles. The van der Waals surface area contributed by atoms with Crippen molar-refractivity contribution in [3.05, 3.63) is 65.5 Å². The van der Waals surface area contributed by atoms with Crippen LogP contribution in [-0.2, 0) is 0 Å². The summed E-state index contributed by atoms with van der Waals surface area (Å²) >= 11 is 0. The van der Waals surface area contributed by atoms with Crippen molar-refractivity contribution in [3.8, 4) is 17.0 Å². The summed E-state index contributed by atoms with van der Waals surface area (Å²) in [7, 11) is 3.29. The van der Waals surface area contributed by atoms with Gasteiger partial charge in [-0.1, -0.05) is 30.9 Å². The van der Waals surface area contributed by atoms with Gasteiger partial charge >= 0.3 is 0 Å². The lowest BCUT2D eigenvalue weighted by Gasteiger charge is -2.27. The lowest BCUT2D eigenvalue weighted by atomic mass is 9.95. The Morgan fingerprint density at radius 1 is 1.10 bits per heavy atom. The minimum absolute atomic E-state index is 0.223. The first kappa shape index (κ1) is 27.8. The Labute approximate surface area is 231 Å². The Bertz CT molecular complexity index is 1380. The monoisotopic (exact) mass is 525 g/mol. The molecule has 3 N–H and O–H groups in total. The highest BCUT2D eigenvalue weighted by Gasteiger charge is 2.24. The number of amidine groups is 2. The number of aliphatic imine (C=N–C) groups is 1. The zero-order valence-electron chi connectivity index (χ0n) is 23.6. The average molecular weight is 526 g/mol. The molecule has 2 aromatic heterocycles. The molecule has 1 aliphatic carbocycles. The van der Waals surface area contributed by atoms with E-state index in [0.29, 0.717) is 17.4 Å². The van der Waals surface area contributed by atoms with Crippen molar-refractivity contribution in [2.24, 2.45) is 4.99 Å². The summed E-state index contributed by atoms with van der Waals surface area (Å²) in [5, 5.41) is 19.2. The van der Waals surface area contributed by atoms with Crippen LogP contribution in [-0.4, -0.2) is 46.6 Å². The van der Waals surface area contributed by atoms with Gasteiger partial charge in [-0.3, -0.25) is 15.8 Å². The van der Waals surface area contributed by atoms with Crippen molar-refractivity contribution in [1.29, 1.82) is 10.8 Å². The zero-order chi connectivity index (χ0) is 27.9. The standard InChI is InChI=1S/C31H39N7O/c1-21(2)17-25-18-28(23-13-15-34-16-14-23)38(26-9-7-6-8-10-26)31(25)36-22(3)35-27-12-11-24(19-29(27)39-5)30(33)37(4)20-32/h11-20,26,32-33H,6-10H2,1-5H3,(H,35,36). The van der Waals surface area contributed by atoms with E-state index < -0.39 is 0 Å². The van der Waals surface area contributed by atoms with Gasteiger partial charge in [-0.25, -0.2) is 4.99 Å². The van der Waals surface area contributed by atoms with Gasteiger partial charge in [0.15, 0.2) is 0 Å². The fourth-order valence-corrected chi connectivity index (χ4v) is 5.12. The molecule has 0 bridgehead atoms. The number of methoxy groups -OCH3 is 1. The number of nitrogens with zero attached hydrogens (tertiary/aromatic N) is 4. The van der Waals surface area contributed by atoms with Crippen molar-refractivity contribution >= 4 is 35.6 Å². The van der Waals surface area contributed by atoms with E-state index in [4.69, 9.17) is 20.5 Å². The minimum atomic E-state index is 0.223. The fourth-order valence-electron chi connectivity index (χ4n) is 5.12. The molecule has 2 heterocycles. The Morgan fingerprint density at radius 2 is 1.82 bits per heavy atom. The maximum Gasteiger partial charge on any atom is 0.143 e. The Balaban J connectivity index is 1.78. The quantitative estimate of drug-likeness (QED) is 0.209. The number of rotatable bonds is 8. The van der Waals surface area contributed by atoms with E-state index in [1.165, 1.54) is 35.4 Å². The zero-order valence-corrected chi connectivity index (χ0v) is 23.6. The summed E-state index contributed by atoms with van der Waals surface area (Å²) in [5.41, 5.74) is 6.05. The van der Waals surface area contributed by atoms with E-state index in [9.17, 15) is 0 Å². The number of nitrogens with one attached hydrogen (secondary N) is 3. The van der Waals surface area contributed by atoms with Gasteiger partial charge in [-0.2, -0.15) is 0 Å². The second-order valence-electron chi connectivity index (χ2n) is 10.3. The highest BCUT2D eigenvalue weighted by Crippen LogP contribution is 2.41. The first-order valence-electron chi connectivity index (χ1n) is 13.5. The predicted octanol–water partition coefficient (Wildman–Crippen LogP) is 7.51. The fraction of sp³-hybridized carbons (Fsp3) is 0.355. The molecule has 204 valence electrons. The molecular weight excluding hydrogens is 486 g/mol. The van der Waals surface area contributed by atoms with Crippen LogP contribution in [0.15, 0.2) is 59.4 Å². The number of ether oxygens (including phenoxy) is 1. The molecule has 0 atom stereocenters. The van der Waals surface area contributed by atoms with E-state index in [1.54, 1.807) is 20.2 Å². The molecule has 1 aliphatic rings. The van der Waals surface area contributed by atoms with Crippen molar-refractivity contribution in [2.75, 3.05) is 19.5 Å². The molecule has 1 fully saturated rings. The van der Waals surface area contributed by atoms with Gasteiger partial charge in [0.1, 0.15) is 23.2 Å². The molecule has 0 radical (unpaired) electrons. The molecule has 0 spiro atoms. The molecule has 4 rings (SSSR count). The predicted molar refractivity (Wildman–Crippen MR) is 162 cm³/mol. The average Bonchev–Trinajstić information content (AvgIpc) is 3.29. The SMILES string of the molecule is COc1cc(C(=N)N(C)C=N)ccc1N/C(C)=N/c1c(C=C(C)C)cc(-c2ccncc2)n1C1CCCCC1. The number of benzene rings is 1. The molecule has 0 amide bonds. The van der Waals surface area contributed by atoms with Gasteiger partial charge in [0.05, 0.1) is 24.8 Å². The van der Waals surface area contributed by atoms with Gasteiger partial charge in [-0.15, -0.1) is 0 Å². The van der Waals surface area contributed by atoms with Crippen LogP contribution < -0.4 is 10.1 Å². The largest absolute Gasteiger partial charge is 0.495 e. The van der Waals surface area contributed by atoms with Crippen molar-refractivity contribution in [2.45, 2.75) is 58.9 Å². The van der Waals surface area contributed by atoms with Gasteiger partial charge in [-0.05, 0) is 70.0 Å². The van der Waals surface area contributed by atoms with Gasteiger partial charge in [0.2, 0.25) is 0 Å². The first-order valence-corrected chi connectivity index (χ1v) is 13.5. The van der Waals surface area contributed by atoms with Crippen LogP contribution in [0.5, 0.6) is 5.75 Å². The van der Waals surface area contributed by atoms with Crippen LogP contribution in [0.25, 0.3) is 17.3 Å². The smallest absolute Gasteiger partial charge is 0.143 e. The van der Waals surface area contributed by atoms with Crippen LogP contribution >= 0.6 is 0 Å².